The third kappa shape index (κ3) is 10.9. The number of ether oxygens (including phenoxy) is 2. The zero-order valence-corrected chi connectivity index (χ0v) is 43.6. The predicted molar refractivity (Wildman–Crippen MR) is 276 cm³/mol. The molecule has 380 valence electrons. The van der Waals surface area contributed by atoms with Crippen LogP contribution in [0.5, 0.6) is 0 Å². The van der Waals surface area contributed by atoms with Crippen LogP contribution in [0.4, 0.5) is 15.3 Å². The number of imidazole rings is 2. The Morgan fingerprint density at radius 2 is 1.20 bits per heavy atom. The van der Waals surface area contributed by atoms with Gasteiger partial charge in [-0.3, -0.25) is 9.59 Å². The Balaban J connectivity index is 0.983. The van der Waals surface area contributed by atoms with E-state index in [-0.39, 0.29) is 47.3 Å². The Morgan fingerprint density at radius 1 is 0.662 bits per heavy atom. The van der Waals surface area contributed by atoms with Gasteiger partial charge in [-0.2, -0.15) is 0 Å². The number of hydrogen-bond acceptors (Lipinski definition) is 9. The highest BCUT2D eigenvalue weighted by molar-refractivity contribution is 5.88. The molecule has 0 radical (unpaired) electrons. The van der Waals surface area contributed by atoms with Gasteiger partial charge in [-0.05, 0) is 90.0 Å². The maximum atomic E-state index is 14.0. The fourth-order valence-corrected chi connectivity index (χ4v) is 10.9. The maximum Gasteiger partial charge on any atom is 0.407 e. The van der Waals surface area contributed by atoms with Gasteiger partial charge in [0.15, 0.2) is 0 Å². The minimum atomic E-state index is -0.746. The summed E-state index contributed by atoms with van der Waals surface area (Å²) in [5, 5.41) is 5.55. The molecule has 4 aromatic rings. The van der Waals surface area contributed by atoms with Gasteiger partial charge < -0.3 is 44.8 Å². The van der Waals surface area contributed by atoms with Crippen molar-refractivity contribution in [2.75, 3.05) is 32.2 Å². The van der Waals surface area contributed by atoms with Crippen LogP contribution in [0.1, 0.15) is 160 Å². The summed E-state index contributed by atoms with van der Waals surface area (Å²) in [4.78, 5) is 75.7. The van der Waals surface area contributed by atoms with E-state index in [2.05, 4.69) is 113 Å². The van der Waals surface area contributed by atoms with Crippen molar-refractivity contribution >= 4 is 29.7 Å². The summed E-state index contributed by atoms with van der Waals surface area (Å²) in [5.74, 6) is 1.33. The molecule has 4 unspecified atom stereocenters. The van der Waals surface area contributed by atoms with Crippen molar-refractivity contribution in [3.05, 3.63) is 113 Å². The second-order valence-corrected chi connectivity index (χ2v) is 23.0. The molecule has 4 amide bonds. The first-order chi connectivity index (χ1) is 33.7. The number of carbonyl (C=O) groups is 4. The fraction of sp³-hybridized carbons (Fsp3) is 0.536. The smallest absolute Gasteiger partial charge is 0.407 e. The van der Waals surface area contributed by atoms with Crippen molar-refractivity contribution < 1.29 is 28.7 Å². The first-order valence-electron chi connectivity index (χ1n) is 25.4. The van der Waals surface area contributed by atoms with E-state index in [0.717, 1.165) is 73.5 Å². The Hall–Kier alpha value is -6.38. The van der Waals surface area contributed by atoms with Gasteiger partial charge in [0, 0.05) is 42.7 Å². The number of benzene rings is 2. The highest BCUT2D eigenvalue weighted by Gasteiger charge is 2.43. The number of anilines is 1. The topological polar surface area (TPSA) is 178 Å². The van der Waals surface area contributed by atoms with Gasteiger partial charge in [-0.25, -0.2) is 19.6 Å². The summed E-state index contributed by atoms with van der Waals surface area (Å²) < 4.78 is 9.72. The third-order valence-corrected chi connectivity index (χ3v) is 14.9. The Kier molecular flexibility index (Phi) is 14.6. The zero-order valence-electron chi connectivity index (χ0n) is 43.6. The highest BCUT2D eigenvalue weighted by Crippen LogP contribution is 2.45. The van der Waals surface area contributed by atoms with Crippen molar-refractivity contribution in [3.63, 3.8) is 0 Å². The van der Waals surface area contributed by atoms with Crippen molar-refractivity contribution in [2.24, 2.45) is 10.8 Å². The summed E-state index contributed by atoms with van der Waals surface area (Å²) in [6, 6.07) is 16.3. The van der Waals surface area contributed by atoms with Gasteiger partial charge in [-0.1, -0.05) is 117 Å². The van der Waals surface area contributed by atoms with E-state index >= 15 is 0 Å². The highest BCUT2D eigenvalue weighted by atomic mass is 16.5. The fourth-order valence-electron chi connectivity index (χ4n) is 10.9. The van der Waals surface area contributed by atoms with Crippen LogP contribution in [0, 0.1) is 10.8 Å². The zero-order chi connectivity index (χ0) is 51.0. The maximum absolute atomic E-state index is 14.0. The lowest BCUT2D eigenvalue weighted by Crippen LogP contribution is -2.54. The second-order valence-electron chi connectivity index (χ2n) is 23.0. The predicted octanol–water partition coefficient (Wildman–Crippen LogP) is 10.3. The Morgan fingerprint density at radius 3 is 1.70 bits per heavy atom. The largest absolute Gasteiger partial charge is 0.453 e. The number of rotatable bonds is 11. The molecular formula is C56H75N9O6. The van der Waals surface area contributed by atoms with E-state index in [0.29, 0.717) is 13.1 Å². The molecule has 2 aromatic heterocycles. The second kappa shape index (κ2) is 20.4. The van der Waals surface area contributed by atoms with E-state index in [4.69, 9.17) is 19.4 Å². The van der Waals surface area contributed by atoms with E-state index in [1.807, 2.05) is 63.7 Å². The number of H-pyrrole nitrogens is 2. The Bertz CT molecular complexity index is 2610. The number of alkyl carbamates (subject to hydrolysis) is 2. The lowest BCUT2D eigenvalue weighted by atomic mass is 9.85. The molecule has 1 aliphatic carbocycles. The van der Waals surface area contributed by atoms with Crippen molar-refractivity contribution in [2.45, 2.75) is 155 Å². The number of likely N-dealkylation sites (tertiary alicyclic amines) is 2. The molecule has 3 aliphatic heterocycles. The van der Waals surface area contributed by atoms with Crippen LogP contribution in [0.2, 0.25) is 0 Å². The Labute approximate surface area is 419 Å². The standard InChI is InChI=1S/C56H75N9O6/c1-54(2,3)38-24-26-39(27-25-38)65-42(36-20-16-34(17-21-36)40-32-57-48(59-40)44-14-12-30-63(44)50(66)46(55(4,5)6)61-52(68)70-10)28-29-43(65)37-22-18-35(19-23-37)41-33-58-49(60-41)45-15-13-31-64(45)51(67)47(56(7,8)9)62-53(69)71-11/h16-18,20-27,32-33,35,42-47H,12-15,19,28-31H2,1-11H3,(H,57,59)(H,58,60)(H,61,68)(H,62,69)/t35?,42?,43?,44?,45-,46+,47+/m0/s1. The first kappa shape index (κ1) is 51.0. The molecular weight excluding hydrogens is 895 g/mol. The molecule has 15 nitrogen and oxygen atoms in total. The van der Waals surface area contributed by atoms with Gasteiger partial charge in [-0.15, -0.1) is 0 Å². The minimum absolute atomic E-state index is 0.0321. The number of hydrogen-bond donors (Lipinski definition) is 4. The summed E-state index contributed by atoms with van der Waals surface area (Å²) in [6.07, 6.45) is 15.7. The molecule has 3 fully saturated rings. The molecule has 5 heterocycles. The summed E-state index contributed by atoms with van der Waals surface area (Å²) in [7, 11) is 2.61. The number of amides is 4. The van der Waals surface area contributed by atoms with Gasteiger partial charge in [0.2, 0.25) is 11.8 Å². The molecule has 15 heteroatoms. The summed E-state index contributed by atoms with van der Waals surface area (Å²) >= 11 is 0. The normalized spacial score (nSPS) is 22.5. The molecule has 2 aromatic carbocycles. The van der Waals surface area contributed by atoms with E-state index in [9.17, 15) is 19.2 Å². The van der Waals surface area contributed by atoms with Crippen LogP contribution in [-0.4, -0.2) is 99.2 Å². The van der Waals surface area contributed by atoms with Crippen LogP contribution >= 0.6 is 0 Å². The quantitative estimate of drug-likeness (QED) is 0.114. The number of methoxy groups -OCH3 is 2. The van der Waals surface area contributed by atoms with Crippen molar-refractivity contribution in [3.8, 4) is 11.3 Å². The minimum Gasteiger partial charge on any atom is -0.453 e. The van der Waals surface area contributed by atoms with Gasteiger partial charge in [0.25, 0.3) is 0 Å². The molecule has 3 saturated heterocycles. The molecule has 4 N–H and O–H groups in total. The summed E-state index contributed by atoms with van der Waals surface area (Å²) in [6.45, 7) is 19.6. The van der Waals surface area contributed by atoms with Gasteiger partial charge in [0.1, 0.15) is 23.7 Å². The lowest BCUT2D eigenvalue weighted by molar-refractivity contribution is -0.137. The summed E-state index contributed by atoms with van der Waals surface area (Å²) in [5.41, 5.74) is 6.78. The number of nitrogens with one attached hydrogen (secondary N) is 4. The molecule has 7 atom stereocenters. The first-order valence-corrected chi connectivity index (χ1v) is 25.4. The van der Waals surface area contributed by atoms with Gasteiger partial charge in [0.05, 0.1) is 49.8 Å². The lowest BCUT2D eigenvalue weighted by Gasteiger charge is -2.35. The number of aromatic nitrogens is 4. The number of nitrogens with zero attached hydrogens (tertiary/aromatic N) is 5. The van der Waals surface area contributed by atoms with E-state index < -0.39 is 35.1 Å². The number of aromatic amines is 2. The average molecular weight is 970 g/mol. The molecule has 4 aliphatic rings. The van der Waals surface area contributed by atoms with Crippen LogP contribution in [0.15, 0.2) is 84.7 Å². The third-order valence-electron chi connectivity index (χ3n) is 14.9. The van der Waals surface area contributed by atoms with E-state index in [1.165, 1.54) is 36.6 Å². The van der Waals surface area contributed by atoms with Crippen LogP contribution in [0.3, 0.4) is 0 Å². The van der Waals surface area contributed by atoms with E-state index in [1.54, 1.807) is 0 Å². The van der Waals surface area contributed by atoms with Gasteiger partial charge >= 0.3 is 12.2 Å². The molecule has 8 rings (SSSR count). The molecule has 71 heavy (non-hydrogen) atoms. The van der Waals surface area contributed by atoms with Crippen LogP contribution in [-0.2, 0) is 24.5 Å². The van der Waals surface area contributed by atoms with Crippen molar-refractivity contribution in [1.82, 2.24) is 40.4 Å². The average Bonchev–Trinajstić information content (AvgIpc) is 4.21. The van der Waals surface area contributed by atoms with Crippen LogP contribution in [0.25, 0.3) is 11.3 Å². The van der Waals surface area contributed by atoms with Crippen molar-refractivity contribution in [1.29, 1.82) is 0 Å². The number of allylic oxidation sites excluding steroid dienone is 2. The number of carbonyl (C=O) groups excluding carboxylic acids is 4. The van der Waals surface area contributed by atoms with Crippen LogP contribution < -0.4 is 15.5 Å². The monoisotopic (exact) mass is 970 g/mol. The molecule has 0 saturated carbocycles. The molecule has 0 bridgehead atoms. The SMILES string of the molecule is COC(=O)N[C@H](C(=O)N1CCCC1c1nc(-c2ccc(C3CCC(C4=CCC(c5c[nH]c([C@@H]6CCCN6C(=O)[C@@H](NC(=O)OC)C(C)(C)C)n5)C=C4)N3c3ccc(C(C)(C)C)cc3)cc2)c[nH]1)C(C)(C)C. The molecule has 0 spiro atoms.